The van der Waals surface area contributed by atoms with Gasteiger partial charge < -0.3 is 14.3 Å². The second kappa shape index (κ2) is 9.19. The smallest absolute Gasteiger partial charge is 0.308 e. The van der Waals surface area contributed by atoms with Crippen LogP contribution in [-0.4, -0.2) is 36.9 Å². The number of methoxy groups -OCH3 is 1. The van der Waals surface area contributed by atoms with Gasteiger partial charge in [0, 0.05) is 6.42 Å². The lowest BCUT2D eigenvalue weighted by Gasteiger charge is -2.46. The highest BCUT2D eigenvalue weighted by Crippen LogP contribution is 2.66. The SMILES string of the molecule is COC(=O)[C@H]1CC[C@]2(C)C(=O)C([C@@H]3CC[C@H]([C@H](C)CCCC(C)C)[C@@]3(C)CC=O)=C[C@@H]3O[C@@]32C1. The monoisotopic (exact) mass is 472 g/mol. The zero-order valence-corrected chi connectivity index (χ0v) is 22.0. The number of carbonyl (C=O) groups excluding carboxylic acids is 3. The van der Waals surface area contributed by atoms with E-state index >= 15 is 0 Å². The predicted octanol–water partition coefficient (Wildman–Crippen LogP) is 5.70. The summed E-state index contributed by atoms with van der Waals surface area (Å²) in [6, 6.07) is 0. The normalized spacial score (nSPS) is 42.0. The topological polar surface area (TPSA) is 73.0 Å². The van der Waals surface area contributed by atoms with Crippen LogP contribution >= 0.6 is 0 Å². The molecule has 0 unspecified atom stereocenters. The van der Waals surface area contributed by atoms with Gasteiger partial charge in [0.15, 0.2) is 5.78 Å². The summed E-state index contributed by atoms with van der Waals surface area (Å²) < 4.78 is 11.3. The van der Waals surface area contributed by atoms with Gasteiger partial charge in [0.25, 0.3) is 0 Å². The summed E-state index contributed by atoms with van der Waals surface area (Å²) in [5, 5.41) is 0. The lowest BCUT2D eigenvalue weighted by Crippen LogP contribution is -2.53. The highest BCUT2D eigenvalue weighted by Gasteiger charge is 2.74. The standard InChI is InChI=1S/C29H44O5/c1-18(2)8-7-9-19(3)22-10-11-23(27(22,4)14-15-30)21-16-24-29(34-24)17-20(26(32)33-6)12-13-28(29,5)25(21)31/h15-16,18-20,22-24H,7-14,17H2,1-6H3/t19-,20+,22-,23+,24+,27-,28-,29+/m1/s1. The van der Waals surface area contributed by atoms with Crippen molar-refractivity contribution >= 4 is 18.0 Å². The number of rotatable bonds is 9. The van der Waals surface area contributed by atoms with Gasteiger partial charge in [-0.05, 0) is 79.8 Å². The van der Waals surface area contributed by atoms with Crippen molar-refractivity contribution in [3.63, 3.8) is 0 Å². The third kappa shape index (κ3) is 3.90. The molecule has 0 bridgehead atoms. The largest absolute Gasteiger partial charge is 0.469 e. The lowest BCUT2D eigenvalue weighted by molar-refractivity contribution is -0.151. The van der Waals surface area contributed by atoms with Crippen molar-refractivity contribution in [3.05, 3.63) is 11.6 Å². The number of epoxide rings is 1. The first-order chi connectivity index (χ1) is 16.0. The van der Waals surface area contributed by atoms with E-state index in [0.717, 1.165) is 24.7 Å². The van der Waals surface area contributed by atoms with Crippen molar-refractivity contribution in [2.75, 3.05) is 7.11 Å². The van der Waals surface area contributed by atoms with Crippen LogP contribution in [0.3, 0.4) is 0 Å². The van der Waals surface area contributed by atoms with Gasteiger partial charge >= 0.3 is 5.97 Å². The summed E-state index contributed by atoms with van der Waals surface area (Å²) in [5.74, 6) is 1.59. The van der Waals surface area contributed by atoms with E-state index in [1.165, 1.54) is 26.4 Å². The molecule has 1 spiro atoms. The molecule has 4 aliphatic rings. The molecule has 0 aromatic carbocycles. The molecule has 5 heteroatoms. The van der Waals surface area contributed by atoms with E-state index in [1.54, 1.807) is 0 Å². The van der Waals surface area contributed by atoms with Gasteiger partial charge in [-0.2, -0.15) is 0 Å². The Bertz CT molecular complexity index is 861. The third-order valence-corrected chi connectivity index (χ3v) is 10.3. The number of aldehydes is 1. The Morgan fingerprint density at radius 2 is 1.94 bits per heavy atom. The molecular formula is C29H44O5. The molecule has 34 heavy (non-hydrogen) atoms. The summed E-state index contributed by atoms with van der Waals surface area (Å²) in [5.41, 5.74) is -0.462. The van der Waals surface area contributed by atoms with E-state index in [0.29, 0.717) is 43.4 Å². The minimum atomic E-state index is -0.602. The maximum absolute atomic E-state index is 14.1. The fourth-order valence-electron chi connectivity index (χ4n) is 8.07. The van der Waals surface area contributed by atoms with E-state index < -0.39 is 11.0 Å². The maximum Gasteiger partial charge on any atom is 0.308 e. The zero-order chi connectivity index (χ0) is 24.9. The van der Waals surface area contributed by atoms with Crippen molar-refractivity contribution in [1.82, 2.24) is 0 Å². The zero-order valence-electron chi connectivity index (χ0n) is 22.0. The number of allylic oxidation sites excluding steroid dienone is 1. The highest BCUT2D eigenvalue weighted by atomic mass is 16.6. The Hall–Kier alpha value is -1.49. The van der Waals surface area contributed by atoms with Crippen molar-refractivity contribution in [3.8, 4) is 0 Å². The number of hydrogen-bond acceptors (Lipinski definition) is 5. The van der Waals surface area contributed by atoms with E-state index in [-0.39, 0.29) is 35.1 Å². The molecule has 0 aromatic heterocycles. The Morgan fingerprint density at radius 3 is 2.59 bits per heavy atom. The Labute approximate surface area is 205 Å². The van der Waals surface area contributed by atoms with Crippen LogP contribution in [0.4, 0.5) is 0 Å². The molecule has 0 amide bonds. The van der Waals surface area contributed by atoms with Crippen molar-refractivity contribution < 1.29 is 23.9 Å². The van der Waals surface area contributed by atoms with Crippen LogP contribution in [0, 0.1) is 40.4 Å². The third-order valence-electron chi connectivity index (χ3n) is 10.3. The highest BCUT2D eigenvalue weighted by molar-refractivity contribution is 6.03. The van der Waals surface area contributed by atoms with Gasteiger partial charge in [-0.15, -0.1) is 0 Å². The predicted molar refractivity (Wildman–Crippen MR) is 131 cm³/mol. The van der Waals surface area contributed by atoms with E-state index in [9.17, 15) is 14.4 Å². The molecule has 5 nitrogen and oxygen atoms in total. The number of hydrogen-bond donors (Lipinski definition) is 0. The molecule has 190 valence electrons. The molecule has 0 radical (unpaired) electrons. The van der Waals surface area contributed by atoms with E-state index in [2.05, 4.69) is 33.8 Å². The Kier molecular flexibility index (Phi) is 6.92. The molecule has 1 saturated heterocycles. The van der Waals surface area contributed by atoms with Crippen LogP contribution in [0.5, 0.6) is 0 Å². The molecule has 3 aliphatic carbocycles. The minimum Gasteiger partial charge on any atom is -0.469 e. The molecular weight excluding hydrogens is 428 g/mol. The quantitative estimate of drug-likeness (QED) is 0.245. The number of carbonyl (C=O) groups is 3. The summed E-state index contributed by atoms with van der Waals surface area (Å²) in [7, 11) is 1.43. The summed E-state index contributed by atoms with van der Waals surface area (Å²) >= 11 is 0. The molecule has 0 aromatic rings. The van der Waals surface area contributed by atoms with Gasteiger partial charge in [-0.1, -0.05) is 47.0 Å². The van der Waals surface area contributed by atoms with Crippen LogP contribution in [0.25, 0.3) is 0 Å². The van der Waals surface area contributed by atoms with Gasteiger partial charge in [0.05, 0.1) is 18.4 Å². The lowest BCUT2D eigenvalue weighted by atomic mass is 9.54. The number of ketones is 1. The number of esters is 1. The number of Topliss-reactive ketones (excluding diaryl/α,β-unsaturated/α-hetero) is 1. The average Bonchev–Trinajstić information content (AvgIpc) is 3.39. The molecule has 0 N–H and O–H groups in total. The van der Waals surface area contributed by atoms with Gasteiger partial charge in [0.1, 0.15) is 18.0 Å². The fourth-order valence-corrected chi connectivity index (χ4v) is 8.07. The molecule has 8 atom stereocenters. The van der Waals surface area contributed by atoms with Crippen molar-refractivity contribution in [1.29, 1.82) is 0 Å². The van der Waals surface area contributed by atoms with Crippen LogP contribution in [-0.2, 0) is 23.9 Å². The molecule has 1 heterocycles. The Balaban J connectivity index is 1.58. The van der Waals surface area contributed by atoms with Crippen LogP contribution < -0.4 is 0 Å². The average molecular weight is 473 g/mol. The van der Waals surface area contributed by atoms with E-state index in [1.807, 2.05) is 6.92 Å². The van der Waals surface area contributed by atoms with Crippen molar-refractivity contribution in [2.24, 2.45) is 40.4 Å². The molecule has 2 saturated carbocycles. The van der Waals surface area contributed by atoms with Gasteiger partial charge in [-0.25, -0.2) is 0 Å². The second-order valence-corrected chi connectivity index (χ2v) is 12.6. The van der Waals surface area contributed by atoms with Crippen LogP contribution in [0.15, 0.2) is 11.6 Å². The summed E-state index contributed by atoms with van der Waals surface area (Å²) in [4.78, 5) is 38.2. The molecule has 4 rings (SSSR count). The van der Waals surface area contributed by atoms with Crippen molar-refractivity contribution in [2.45, 2.75) is 104 Å². The summed E-state index contributed by atoms with van der Waals surface area (Å²) in [6.07, 6.45) is 11.1. The van der Waals surface area contributed by atoms with E-state index in [4.69, 9.17) is 9.47 Å². The Morgan fingerprint density at radius 1 is 1.21 bits per heavy atom. The molecule has 3 fully saturated rings. The second-order valence-electron chi connectivity index (χ2n) is 12.6. The fraction of sp³-hybridized carbons (Fsp3) is 0.828. The van der Waals surface area contributed by atoms with Gasteiger partial charge in [0.2, 0.25) is 0 Å². The van der Waals surface area contributed by atoms with Crippen LogP contribution in [0.1, 0.15) is 92.4 Å². The first kappa shape index (κ1) is 25.6. The maximum atomic E-state index is 14.1. The summed E-state index contributed by atoms with van der Waals surface area (Å²) in [6.45, 7) is 11.2. The minimum absolute atomic E-state index is 0.0973. The first-order valence-corrected chi connectivity index (χ1v) is 13.5. The number of ether oxygens (including phenoxy) is 2. The molecule has 1 aliphatic heterocycles. The van der Waals surface area contributed by atoms with Crippen LogP contribution in [0.2, 0.25) is 0 Å². The van der Waals surface area contributed by atoms with Gasteiger partial charge in [-0.3, -0.25) is 9.59 Å². The first-order valence-electron chi connectivity index (χ1n) is 13.5.